The number of carbonyl (C=O) groups excluding carboxylic acids is 1. The number of carbonyl (C=O) groups is 1. The monoisotopic (exact) mass is 332 g/mol. The number of aromatic amines is 1. The maximum Gasteiger partial charge on any atom is 0.261 e. The fourth-order valence-electron chi connectivity index (χ4n) is 3.44. The number of nitrogens with zero attached hydrogens (tertiary/aromatic N) is 1. The van der Waals surface area contributed by atoms with E-state index in [0.717, 1.165) is 25.0 Å². The second-order valence-electron chi connectivity index (χ2n) is 7.31. The molecule has 1 aliphatic rings. The molecule has 1 atom stereocenters. The van der Waals surface area contributed by atoms with Gasteiger partial charge in [0.25, 0.3) is 11.5 Å². The van der Waals surface area contributed by atoms with Gasteiger partial charge >= 0.3 is 0 Å². The van der Waals surface area contributed by atoms with Crippen molar-refractivity contribution in [3.05, 3.63) is 44.9 Å². The van der Waals surface area contributed by atoms with Crippen molar-refractivity contribution in [1.82, 2.24) is 9.88 Å². The van der Waals surface area contributed by atoms with E-state index >= 15 is 0 Å². The first-order chi connectivity index (χ1) is 11.3. The minimum absolute atomic E-state index is 0.0454. The SMILES string of the molecule is CC(C)=CC[C@@]1(CO)CCCN(C(=O)c2c(C)cc(C)[nH]c2=O)C1. The molecule has 132 valence electrons. The number of H-pyrrole nitrogens is 1. The van der Waals surface area contributed by atoms with Crippen LogP contribution < -0.4 is 5.56 Å². The Hall–Kier alpha value is -1.88. The van der Waals surface area contributed by atoms with E-state index in [2.05, 4.69) is 11.1 Å². The summed E-state index contributed by atoms with van der Waals surface area (Å²) in [7, 11) is 0. The Labute approximate surface area is 143 Å². The van der Waals surface area contributed by atoms with Crippen LogP contribution in [0.3, 0.4) is 0 Å². The molecule has 0 spiro atoms. The van der Waals surface area contributed by atoms with E-state index in [9.17, 15) is 14.7 Å². The zero-order valence-electron chi connectivity index (χ0n) is 15.1. The first-order valence-corrected chi connectivity index (χ1v) is 8.52. The quantitative estimate of drug-likeness (QED) is 0.832. The second-order valence-corrected chi connectivity index (χ2v) is 7.31. The van der Waals surface area contributed by atoms with E-state index in [1.54, 1.807) is 18.7 Å². The van der Waals surface area contributed by atoms with Gasteiger partial charge in [-0.2, -0.15) is 0 Å². The van der Waals surface area contributed by atoms with Gasteiger partial charge in [-0.05, 0) is 58.6 Å². The van der Waals surface area contributed by atoms with E-state index in [1.165, 1.54) is 5.57 Å². The van der Waals surface area contributed by atoms with Gasteiger partial charge in [0.05, 0.1) is 6.61 Å². The molecule has 0 unspecified atom stereocenters. The zero-order valence-corrected chi connectivity index (χ0v) is 15.1. The standard InChI is InChI=1S/C19H28N2O3/c1-13(2)6-8-19(12-22)7-5-9-21(11-19)18(24)16-14(3)10-15(4)20-17(16)23/h6,10,22H,5,7-9,11-12H2,1-4H3,(H,20,23)/t19-/m0/s1. The summed E-state index contributed by atoms with van der Waals surface area (Å²) in [6.45, 7) is 8.82. The van der Waals surface area contributed by atoms with Gasteiger partial charge in [0.2, 0.25) is 0 Å². The van der Waals surface area contributed by atoms with Crippen molar-refractivity contribution >= 4 is 5.91 Å². The number of likely N-dealkylation sites (tertiary alicyclic amines) is 1. The van der Waals surface area contributed by atoms with Crippen molar-refractivity contribution in [3.63, 3.8) is 0 Å². The highest BCUT2D eigenvalue weighted by molar-refractivity contribution is 5.95. The van der Waals surface area contributed by atoms with E-state index in [0.29, 0.717) is 18.7 Å². The van der Waals surface area contributed by atoms with Crippen molar-refractivity contribution in [2.24, 2.45) is 5.41 Å². The molecule has 5 nitrogen and oxygen atoms in total. The van der Waals surface area contributed by atoms with Crippen LogP contribution in [0, 0.1) is 19.3 Å². The van der Waals surface area contributed by atoms with Gasteiger partial charge in [0, 0.05) is 24.2 Å². The molecule has 2 rings (SSSR count). The largest absolute Gasteiger partial charge is 0.396 e. The average molecular weight is 332 g/mol. The van der Waals surface area contributed by atoms with E-state index in [-0.39, 0.29) is 29.1 Å². The van der Waals surface area contributed by atoms with Crippen molar-refractivity contribution in [3.8, 4) is 0 Å². The van der Waals surface area contributed by atoms with Crippen LogP contribution in [-0.2, 0) is 0 Å². The maximum atomic E-state index is 12.9. The Kier molecular flexibility index (Phi) is 5.65. The predicted molar refractivity (Wildman–Crippen MR) is 95.2 cm³/mol. The second kappa shape index (κ2) is 7.34. The summed E-state index contributed by atoms with van der Waals surface area (Å²) >= 11 is 0. The van der Waals surface area contributed by atoms with E-state index in [4.69, 9.17) is 0 Å². The van der Waals surface area contributed by atoms with Crippen LogP contribution >= 0.6 is 0 Å². The maximum absolute atomic E-state index is 12.9. The summed E-state index contributed by atoms with van der Waals surface area (Å²) in [4.78, 5) is 29.6. The third-order valence-corrected chi connectivity index (χ3v) is 4.81. The third-order valence-electron chi connectivity index (χ3n) is 4.81. The molecule has 0 aliphatic carbocycles. The number of aryl methyl sites for hydroxylation is 2. The normalized spacial score (nSPS) is 20.8. The number of pyridine rings is 1. The van der Waals surface area contributed by atoms with Crippen molar-refractivity contribution < 1.29 is 9.90 Å². The molecule has 0 aromatic carbocycles. The first kappa shape index (κ1) is 18.5. The number of hydrogen-bond acceptors (Lipinski definition) is 3. The highest BCUT2D eigenvalue weighted by atomic mass is 16.3. The Morgan fingerprint density at radius 2 is 2.12 bits per heavy atom. The van der Waals surface area contributed by atoms with Crippen molar-refractivity contribution in [2.45, 2.75) is 47.0 Å². The number of aliphatic hydroxyl groups excluding tert-OH is 1. The third kappa shape index (κ3) is 3.96. The number of amides is 1. The molecule has 1 aromatic rings. The molecule has 5 heteroatoms. The molecule has 1 aliphatic heterocycles. The molecule has 0 saturated carbocycles. The van der Waals surface area contributed by atoms with Crippen molar-refractivity contribution in [2.75, 3.05) is 19.7 Å². The minimum atomic E-state index is -0.332. The number of allylic oxidation sites excluding steroid dienone is 2. The number of aromatic nitrogens is 1. The van der Waals surface area contributed by atoms with Crippen LogP contribution in [0.4, 0.5) is 0 Å². The summed E-state index contributed by atoms with van der Waals surface area (Å²) in [5, 5.41) is 9.93. The lowest BCUT2D eigenvalue weighted by molar-refractivity contribution is 0.0282. The van der Waals surface area contributed by atoms with Crippen molar-refractivity contribution in [1.29, 1.82) is 0 Å². The average Bonchev–Trinajstić information content (AvgIpc) is 2.52. The van der Waals surface area contributed by atoms with Crippen LogP contribution in [0.1, 0.15) is 54.7 Å². The van der Waals surface area contributed by atoms with Crippen LogP contribution in [0.2, 0.25) is 0 Å². The molecule has 0 bridgehead atoms. The fourth-order valence-corrected chi connectivity index (χ4v) is 3.44. The van der Waals surface area contributed by atoms with Gasteiger partial charge in [0.1, 0.15) is 5.56 Å². The number of nitrogens with one attached hydrogen (secondary N) is 1. The molecule has 1 fully saturated rings. The minimum Gasteiger partial charge on any atom is -0.396 e. The van der Waals surface area contributed by atoms with Gasteiger partial charge in [-0.15, -0.1) is 0 Å². The van der Waals surface area contributed by atoms with Crippen LogP contribution in [0.25, 0.3) is 0 Å². The molecule has 1 aromatic heterocycles. The molecular formula is C19H28N2O3. The van der Waals surface area contributed by atoms with Gasteiger partial charge in [-0.25, -0.2) is 0 Å². The zero-order chi connectivity index (χ0) is 17.9. The molecule has 1 saturated heterocycles. The topological polar surface area (TPSA) is 73.4 Å². The number of rotatable bonds is 4. The summed E-state index contributed by atoms with van der Waals surface area (Å²) in [5.74, 6) is -0.233. The van der Waals surface area contributed by atoms with Gasteiger partial charge in [-0.1, -0.05) is 11.6 Å². The van der Waals surface area contributed by atoms with Crippen LogP contribution in [0.5, 0.6) is 0 Å². The van der Waals surface area contributed by atoms with E-state index < -0.39 is 0 Å². The van der Waals surface area contributed by atoms with Gasteiger partial charge in [-0.3, -0.25) is 9.59 Å². The Morgan fingerprint density at radius 1 is 1.42 bits per heavy atom. The van der Waals surface area contributed by atoms with Gasteiger partial charge < -0.3 is 15.0 Å². The first-order valence-electron chi connectivity index (χ1n) is 8.52. The number of aliphatic hydroxyl groups is 1. The molecule has 1 amide bonds. The Balaban J connectivity index is 2.27. The summed E-state index contributed by atoms with van der Waals surface area (Å²) in [6.07, 6.45) is 4.60. The number of piperidine rings is 1. The Bertz CT molecular complexity index is 701. The summed E-state index contributed by atoms with van der Waals surface area (Å²) in [6, 6.07) is 1.82. The predicted octanol–water partition coefficient (Wildman–Crippen LogP) is 2.56. The number of hydrogen-bond donors (Lipinski definition) is 2. The molecule has 0 radical (unpaired) electrons. The summed E-state index contributed by atoms with van der Waals surface area (Å²) < 4.78 is 0. The highest BCUT2D eigenvalue weighted by Gasteiger charge is 2.37. The molecule has 24 heavy (non-hydrogen) atoms. The van der Waals surface area contributed by atoms with Crippen LogP contribution in [-0.4, -0.2) is 40.6 Å². The molecule has 2 N–H and O–H groups in total. The van der Waals surface area contributed by atoms with E-state index in [1.807, 2.05) is 19.9 Å². The van der Waals surface area contributed by atoms with Crippen LogP contribution in [0.15, 0.2) is 22.5 Å². The molecular weight excluding hydrogens is 304 g/mol. The molecule has 2 heterocycles. The fraction of sp³-hybridized carbons (Fsp3) is 0.579. The summed E-state index contributed by atoms with van der Waals surface area (Å²) in [5.41, 5.74) is 2.23. The highest BCUT2D eigenvalue weighted by Crippen LogP contribution is 2.34. The lowest BCUT2D eigenvalue weighted by Gasteiger charge is -2.41. The smallest absolute Gasteiger partial charge is 0.261 e. The lowest BCUT2D eigenvalue weighted by Crippen LogP contribution is -2.49. The lowest BCUT2D eigenvalue weighted by atomic mass is 9.77. The Morgan fingerprint density at radius 3 is 2.71 bits per heavy atom. The van der Waals surface area contributed by atoms with Gasteiger partial charge in [0.15, 0.2) is 0 Å².